The molecular weight excluding hydrogens is 264 g/mol. The van der Waals surface area contributed by atoms with Crippen LogP contribution in [0.2, 0.25) is 0 Å². The number of carbonyl (C=O) groups excluding carboxylic acids is 2. The Morgan fingerprint density at radius 2 is 2.16 bits per heavy atom. The average Bonchev–Trinajstić information content (AvgIpc) is 2.73. The third kappa shape index (κ3) is 3.12. The van der Waals surface area contributed by atoms with Crippen molar-refractivity contribution in [2.75, 3.05) is 11.9 Å². The second kappa shape index (κ2) is 5.85. The molecule has 0 aliphatic heterocycles. The maximum atomic E-state index is 11.6. The Morgan fingerprint density at radius 3 is 2.84 bits per heavy atom. The van der Waals surface area contributed by atoms with Gasteiger partial charge in [0.05, 0.1) is 5.56 Å². The van der Waals surface area contributed by atoms with Crippen LogP contribution in [0.1, 0.15) is 35.8 Å². The zero-order valence-electron chi connectivity index (χ0n) is 10.6. The maximum Gasteiger partial charge on any atom is 0.303 e. The Kier molecular flexibility index (Phi) is 4.17. The molecule has 6 heteroatoms. The Balaban J connectivity index is 2.12. The molecule has 100 valence electrons. The van der Waals surface area contributed by atoms with E-state index in [1.54, 1.807) is 0 Å². The summed E-state index contributed by atoms with van der Waals surface area (Å²) in [5, 5.41) is 12.4. The van der Waals surface area contributed by atoms with Crippen molar-refractivity contribution in [3.05, 3.63) is 16.0 Å². The standard InChI is InChI=1S/C13H14N2O3S/c1-8(16)18-7-12(17)15-13-10(6-14)9-4-2-3-5-11(9)19-13/h2-5,7H2,1H3,(H,15,17). The lowest BCUT2D eigenvalue weighted by atomic mass is 9.96. The first kappa shape index (κ1) is 13.6. The summed E-state index contributed by atoms with van der Waals surface area (Å²) in [6.07, 6.45) is 4.07. The molecule has 1 amide bonds. The zero-order valence-corrected chi connectivity index (χ0v) is 11.4. The van der Waals surface area contributed by atoms with Gasteiger partial charge in [-0.15, -0.1) is 11.3 Å². The monoisotopic (exact) mass is 278 g/mol. The molecule has 2 rings (SSSR count). The number of rotatable bonds is 3. The molecule has 0 radical (unpaired) electrons. The first-order valence-corrected chi connectivity index (χ1v) is 6.91. The molecule has 0 atom stereocenters. The smallest absolute Gasteiger partial charge is 0.303 e. The second-order valence-corrected chi connectivity index (χ2v) is 5.46. The Morgan fingerprint density at radius 1 is 1.42 bits per heavy atom. The summed E-state index contributed by atoms with van der Waals surface area (Å²) in [6.45, 7) is 0.931. The molecule has 0 bridgehead atoms. The minimum atomic E-state index is -0.499. The summed E-state index contributed by atoms with van der Waals surface area (Å²) < 4.78 is 4.62. The zero-order chi connectivity index (χ0) is 13.8. The van der Waals surface area contributed by atoms with Gasteiger partial charge in [-0.25, -0.2) is 0 Å². The first-order chi connectivity index (χ1) is 9.11. The number of carbonyl (C=O) groups is 2. The van der Waals surface area contributed by atoms with E-state index in [9.17, 15) is 14.9 Å². The van der Waals surface area contributed by atoms with E-state index in [4.69, 9.17) is 0 Å². The van der Waals surface area contributed by atoms with E-state index in [0.717, 1.165) is 31.2 Å². The molecule has 0 spiro atoms. The molecule has 0 saturated carbocycles. The molecular formula is C13H14N2O3S. The molecule has 1 N–H and O–H groups in total. The van der Waals surface area contributed by atoms with Gasteiger partial charge < -0.3 is 10.1 Å². The van der Waals surface area contributed by atoms with Crippen molar-refractivity contribution in [3.63, 3.8) is 0 Å². The lowest BCUT2D eigenvalue weighted by Gasteiger charge is -2.09. The number of esters is 1. The number of hydrogen-bond donors (Lipinski definition) is 1. The van der Waals surface area contributed by atoms with Crippen molar-refractivity contribution in [2.24, 2.45) is 0 Å². The highest BCUT2D eigenvalue weighted by Crippen LogP contribution is 2.37. The van der Waals surface area contributed by atoms with Crippen LogP contribution in [0.25, 0.3) is 0 Å². The molecule has 0 unspecified atom stereocenters. The number of aryl methyl sites for hydroxylation is 1. The molecule has 1 heterocycles. The van der Waals surface area contributed by atoms with E-state index in [1.165, 1.54) is 23.1 Å². The quantitative estimate of drug-likeness (QED) is 0.858. The number of amides is 1. The third-order valence-corrected chi connectivity index (χ3v) is 4.15. The predicted octanol–water partition coefficient (Wildman–Crippen LogP) is 2.00. The van der Waals surface area contributed by atoms with Gasteiger partial charge in [-0.2, -0.15) is 5.26 Å². The predicted molar refractivity (Wildman–Crippen MR) is 70.9 cm³/mol. The fraction of sp³-hybridized carbons (Fsp3) is 0.462. The van der Waals surface area contributed by atoms with Crippen LogP contribution >= 0.6 is 11.3 Å². The molecule has 19 heavy (non-hydrogen) atoms. The topological polar surface area (TPSA) is 79.2 Å². The summed E-state index contributed by atoms with van der Waals surface area (Å²) in [5.74, 6) is -0.911. The highest BCUT2D eigenvalue weighted by molar-refractivity contribution is 7.16. The SMILES string of the molecule is CC(=O)OCC(=O)Nc1sc2c(c1C#N)CCCC2. The van der Waals surface area contributed by atoms with Crippen LogP contribution in [0.15, 0.2) is 0 Å². The van der Waals surface area contributed by atoms with Crippen LogP contribution < -0.4 is 5.32 Å². The molecule has 1 aliphatic carbocycles. The Hall–Kier alpha value is -1.87. The largest absolute Gasteiger partial charge is 0.456 e. The van der Waals surface area contributed by atoms with Gasteiger partial charge in [-0.1, -0.05) is 0 Å². The Labute approximate surface area is 115 Å². The lowest BCUT2D eigenvalue weighted by molar-refractivity contribution is -0.144. The van der Waals surface area contributed by atoms with Crippen LogP contribution in [0.3, 0.4) is 0 Å². The van der Waals surface area contributed by atoms with Crippen molar-refractivity contribution < 1.29 is 14.3 Å². The van der Waals surface area contributed by atoms with Crippen molar-refractivity contribution in [3.8, 4) is 6.07 Å². The molecule has 5 nitrogen and oxygen atoms in total. The van der Waals surface area contributed by atoms with Crippen molar-refractivity contribution in [1.29, 1.82) is 5.26 Å². The fourth-order valence-electron chi connectivity index (χ4n) is 2.10. The lowest BCUT2D eigenvalue weighted by Crippen LogP contribution is -2.19. The highest BCUT2D eigenvalue weighted by Gasteiger charge is 2.21. The van der Waals surface area contributed by atoms with Crippen LogP contribution in [0.4, 0.5) is 5.00 Å². The van der Waals surface area contributed by atoms with Crippen molar-refractivity contribution >= 4 is 28.2 Å². The average molecular weight is 278 g/mol. The van der Waals surface area contributed by atoms with E-state index >= 15 is 0 Å². The summed E-state index contributed by atoms with van der Waals surface area (Å²) in [5.41, 5.74) is 1.64. The van der Waals surface area contributed by atoms with Crippen LogP contribution in [-0.4, -0.2) is 18.5 Å². The summed E-state index contributed by atoms with van der Waals surface area (Å²) >= 11 is 1.45. The van der Waals surface area contributed by atoms with Crippen molar-refractivity contribution in [1.82, 2.24) is 0 Å². The first-order valence-electron chi connectivity index (χ1n) is 6.09. The van der Waals surface area contributed by atoms with Crippen molar-refractivity contribution in [2.45, 2.75) is 32.6 Å². The van der Waals surface area contributed by atoms with Gasteiger partial charge in [0.1, 0.15) is 11.1 Å². The second-order valence-electron chi connectivity index (χ2n) is 4.36. The molecule has 1 aliphatic rings. The van der Waals surface area contributed by atoms with Gasteiger partial charge in [0.2, 0.25) is 0 Å². The number of ether oxygens (including phenoxy) is 1. The van der Waals surface area contributed by atoms with E-state index in [0.29, 0.717) is 10.6 Å². The number of hydrogen-bond acceptors (Lipinski definition) is 5. The number of nitriles is 1. The summed E-state index contributed by atoms with van der Waals surface area (Å²) in [4.78, 5) is 23.4. The third-order valence-electron chi connectivity index (χ3n) is 2.94. The van der Waals surface area contributed by atoms with E-state index in [1.807, 2.05) is 0 Å². The minimum absolute atomic E-state index is 0.317. The minimum Gasteiger partial charge on any atom is -0.456 e. The normalized spacial score (nSPS) is 13.3. The number of thiophene rings is 1. The van der Waals surface area contributed by atoms with Gasteiger partial charge >= 0.3 is 5.97 Å². The van der Waals surface area contributed by atoms with Gasteiger partial charge in [0.25, 0.3) is 5.91 Å². The molecule has 1 aromatic heterocycles. The molecule has 0 fully saturated rings. The number of anilines is 1. The van der Waals surface area contributed by atoms with Gasteiger partial charge in [-0.05, 0) is 31.2 Å². The van der Waals surface area contributed by atoms with E-state index < -0.39 is 11.9 Å². The summed E-state index contributed by atoms with van der Waals surface area (Å²) in [7, 11) is 0. The fourth-order valence-corrected chi connectivity index (χ4v) is 3.36. The summed E-state index contributed by atoms with van der Waals surface area (Å²) in [6, 6.07) is 2.16. The number of nitrogens with one attached hydrogen (secondary N) is 1. The Bertz CT molecular complexity index is 557. The van der Waals surface area contributed by atoms with Gasteiger partial charge in [0, 0.05) is 11.8 Å². The van der Waals surface area contributed by atoms with Crippen LogP contribution in [-0.2, 0) is 27.2 Å². The van der Waals surface area contributed by atoms with Gasteiger partial charge in [-0.3, -0.25) is 9.59 Å². The molecule has 1 aromatic rings. The maximum absolute atomic E-state index is 11.6. The number of nitrogens with zero attached hydrogens (tertiary/aromatic N) is 1. The highest BCUT2D eigenvalue weighted by atomic mass is 32.1. The number of fused-ring (bicyclic) bond motifs is 1. The van der Waals surface area contributed by atoms with Crippen LogP contribution in [0, 0.1) is 11.3 Å². The molecule has 0 aromatic carbocycles. The molecule has 0 saturated heterocycles. The van der Waals surface area contributed by atoms with Gasteiger partial charge in [0.15, 0.2) is 6.61 Å². The van der Waals surface area contributed by atoms with E-state index in [2.05, 4.69) is 16.1 Å². The van der Waals surface area contributed by atoms with Crippen LogP contribution in [0.5, 0.6) is 0 Å². The van der Waals surface area contributed by atoms with E-state index in [-0.39, 0.29) is 6.61 Å².